The highest BCUT2D eigenvalue weighted by Gasteiger charge is 2.42. The molecule has 222 valence electrons. The lowest BCUT2D eigenvalue weighted by molar-refractivity contribution is -0.116. The summed E-state index contributed by atoms with van der Waals surface area (Å²) in [5, 5.41) is 22.2. The number of rotatable bonds is 9. The second kappa shape index (κ2) is 12.8. The number of aryl methyl sites for hydroxylation is 1. The van der Waals surface area contributed by atoms with E-state index >= 15 is 0 Å². The van der Waals surface area contributed by atoms with Gasteiger partial charge in [-0.3, -0.25) is 14.5 Å². The lowest BCUT2D eigenvalue weighted by atomic mass is 9.75. The molecule has 1 aromatic heterocycles. The molecule has 13 heteroatoms. The molecule has 3 N–H and O–H groups in total. The van der Waals surface area contributed by atoms with Gasteiger partial charge in [-0.05, 0) is 49.6 Å². The number of amides is 1. The Balaban J connectivity index is 1.47. The molecule has 0 bridgehead atoms. The summed E-state index contributed by atoms with van der Waals surface area (Å²) in [5.74, 6) is 0.521. The van der Waals surface area contributed by atoms with Gasteiger partial charge in [-0.2, -0.15) is 5.26 Å². The average Bonchev–Trinajstić information content (AvgIpc) is 3.48. The van der Waals surface area contributed by atoms with Crippen molar-refractivity contribution in [3.63, 3.8) is 0 Å². The third-order valence-corrected chi connectivity index (χ3v) is 9.22. The number of benzene rings is 2. The molecule has 0 fully saturated rings. The molecule has 1 unspecified atom stereocenters. The van der Waals surface area contributed by atoms with Crippen molar-refractivity contribution in [2.45, 2.75) is 36.4 Å². The molecule has 0 radical (unpaired) electrons. The van der Waals surface area contributed by atoms with Crippen LogP contribution >= 0.6 is 23.1 Å². The summed E-state index contributed by atoms with van der Waals surface area (Å²) >= 11 is 2.48. The zero-order chi connectivity index (χ0) is 30.7. The minimum Gasteiger partial charge on any atom is -0.493 e. The molecule has 0 saturated carbocycles. The number of carbonyl (C=O) groups is 2. The number of anilines is 2. The fraction of sp³-hybridized carbons (Fsp3) is 0.300. The van der Waals surface area contributed by atoms with Crippen LogP contribution in [0.3, 0.4) is 0 Å². The molecule has 2 aliphatic rings. The van der Waals surface area contributed by atoms with Gasteiger partial charge in [0.15, 0.2) is 21.6 Å². The number of methoxy groups -OCH3 is 3. The first-order valence-electron chi connectivity index (χ1n) is 13.4. The molecular formula is C30H30N6O5S2. The van der Waals surface area contributed by atoms with Crippen molar-refractivity contribution in [2.24, 2.45) is 5.73 Å². The number of Topliss-reactive ketones (excluding diaryl/α,β-unsaturated/α-hetero) is 1. The van der Waals surface area contributed by atoms with Gasteiger partial charge in [0.1, 0.15) is 5.82 Å². The van der Waals surface area contributed by atoms with E-state index in [0.29, 0.717) is 68.5 Å². The van der Waals surface area contributed by atoms with Gasteiger partial charge in [0, 0.05) is 23.4 Å². The van der Waals surface area contributed by atoms with Crippen molar-refractivity contribution in [3.05, 3.63) is 70.2 Å². The molecule has 1 aliphatic heterocycles. The number of nitriles is 1. The summed E-state index contributed by atoms with van der Waals surface area (Å²) in [4.78, 5) is 27.7. The maximum absolute atomic E-state index is 13.5. The maximum atomic E-state index is 13.5. The number of ketones is 1. The predicted octanol–water partition coefficient (Wildman–Crippen LogP) is 4.91. The Bertz CT molecular complexity index is 1650. The number of hydrogen-bond donors (Lipinski definition) is 2. The molecule has 2 heterocycles. The quantitative estimate of drug-likeness (QED) is 0.315. The number of allylic oxidation sites excluding steroid dienone is 3. The van der Waals surface area contributed by atoms with Gasteiger partial charge < -0.3 is 25.3 Å². The lowest BCUT2D eigenvalue weighted by Crippen LogP contribution is -2.38. The van der Waals surface area contributed by atoms with E-state index in [1.54, 1.807) is 17.0 Å². The SMILES string of the molecule is COc1cc(C2C(C#N)=C(N)N(c3nnc(SCC(=O)Nc4ccc(C)cc4)s3)C3=C2C(=O)CCC3)cc(OC)c1OC. The first-order valence-corrected chi connectivity index (χ1v) is 15.2. The number of nitrogens with two attached hydrogens (primary N) is 1. The van der Waals surface area contributed by atoms with Crippen LogP contribution in [0, 0.1) is 18.3 Å². The third kappa shape index (κ3) is 5.89. The van der Waals surface area contributed by atoms with E-state index < -0.39 is 5.92 Å². The van der Waals surface area contributed by atoms with Crippen molar-refractivity contribution < 1.29 is 23.8 Å². The monoisotopic (exact) mass is 618 g/mol. The summed E-state index contributed by atoms with van der Waals surface area (Å²) in [6, 6.07) is 13.3. The first kappa shape index (κ1) is 29.9. The van der Waals surface area contributed by atoms with Crippen LogP contribution in [0.15, 0.2) is 63.4 Å². The van der Waals surface area contributed by atoms with Gasteiger partial charge in [-0.25, -0.2) is 0 Å². The number of ether oxygens (including phenoxy) is 3. The van der Waals surface area contributed by atoms with E-state index in [2.05, 4.69) is 21.6 Å². The molecule has 1 atom stereocenters. The van der Waals surface area contributed by atoms with Crippen LogP contribution < -0.4 is 30.2 Å². The van der Waals surface area contributed by atoms with E-state index in [-0.39, 0.29) is 28.8 Å². The largest absolute Gasteiger partial charge is 0.493 e. The van der Waals surface area contributed by atoms with Crippen LogP contribution in [0.2, 0.25) is 0 Å². The summed E-state index contributed by atoms with van der Waals surface area (Å²) in [6.45, 7) is 1.98. The Hall–Kier alpha value is -4.54. The molecular weight excluding hydrogens is 589 g/mol. The van der Waals surface area contributed by atoms with Crippen molar-refractivity contribution in [2.75, 3.05) is 37.3 Å². The predicted molar refractivity (Wildman–Crippen MR) is 164 cm³/mol. The molecule has 2 aromatic carbocycles. The first-order chi connectivity index (χ1) is 20.8. The van der Waals surface area contributed by atoms with Crippen LogP contribution in [0.25, 0.3) is 0 Å². The fourth-order valence-corrected chi connectivity index (χ4v) is 6.90. The van der Waals surface area contributed by atoms with E-state index in [1.165, 1.54) is 44.4 Å². The standard InChI is InChI=1S/C30H30N6O5S2/c1-16-8-10-18(11-9-16)33-24(38)15-42-30-35-34-29(43-30)36-20-6-5-7-21(37)26(20)25(19(14-31)28(36)32)17-12-22(39-2)27(41-4)23(13-17)40-3/h8-13,25H,5-7,15,32H2,1-4H3,(H,33,38). The van der Waals surface area contributed by atoms with Gasteiger partial charge in [-0.15, -0.1) is 10.2 Å². The second-order valence-electron chi connectivity index (χ2n) is 9.83. The molecule has 0 spiro atoms. The highest BCUT2D eigenvalue weighted by Crippen LogP contribution is 2.50. The van der Waals surface area contributed by atoms with Crippen molar-refractivity contribution in [1.82, 2.24) is 10.2 Å². The Morgan fingerprint density at radius 3 is 2.47 bits per heavy atom. The van der Waals surface area contributed by atoms with E-state index in [0.717, 1.165) is 5.56 Å². The van der Waals surface area contributed by atoms with Gasteiger partial charge in [-0.1, -0.05) is 40.8 Å². The lowest BCUT2D eigenvalue weighted by Gasteiger charge is -2.38. The Morgan fingerprint density at radius 2 is 1.84 bits per heavy atom. The topological polar surface area (TPSA) is 153 Å². The zero-order valence-corrected chi connectivity index (χ0v) is 25.7. The average molecular weight is 619 g/mol. The van der Waals surface area contributed by atoms with Crippen LogP contribution in [-0.2, 0) is 9.59 Å². The van der Waals surface area contributed by atoms with Crippen LogP contribution in [-0.4, -0.2) is 49.0 Å². The number of aromatic nitrogens is 2. The number of carbonyl (C=O) groups excluding carboxylic acids is 2. The second-order valence-corrected chi connectivity index (χ2v) is 12.0. The van der Waals surface area contributed by atoms with Gasteiger partial charge >= 0.3 is 0 Å². The molecule has 11 nitrogen and oxygen atoms in total. The Labute approximate surface area is 257 Å². The normalized spacial score (nSPS) is 16.5. The summed E-state index contributed by atoms with van der Waals surface area (Å²) in [6.07, 6.45) is 1.53. The van der Waals surface area contributed by atoms with Gasteiger partial charge in [0.25, 0.3) is 0 Å². The highest BCUT2D eigenvalue weighted by atomic mass is 32.2. The van der Waals surface area contributed by atoms with Crippen LogP contribution in [0.1, 0.15) is 36.3 Å². The summed E-state index contributed by atoms with van der Waals surface area (Å²) in [7, 11) is 4.52. The van der Waals surface area contributed by atoms with Crippen molar-refractivity contribution >= 4 is 45.6 Å². The maximum Gasteiger partial charge on any atom is 0.234 e. The summed E-state index contributed by atoms with van der Waals surface area (Å²) in [5.41, 5.74) is 10.5. The fourth-order valence-electron chi connectivity index (χ4n) is 5.22. The molecule has 1 aliphatic carbocycles. The van der Waals surface area contributed by atoms with Gasteiger partial charge in [0.2, 0.25) is 16.8 Å². The highest BCUT2D eigenvalue weighted by molar-refractivity contribution is 8.01. The molecule has 0 saturated heterocycles. The third-order valence-electron chi connectivity index (χ3n) is 7.18. The summed E-state index contributed by atoms with van der Waals surface area (Å²) < 4.78 is 17.1. The zero-order valence-electron chi connectivity index (χ0n) is 24.1. The number of nitrogens with one attached hydrogen (secondary N) is 1. The van der Waals surface area contributed by atoms with E-state index in [1.807, 2.05) is 31.2 Å². The van der Waals surface area contributed by atoms with Crippen LogP contribution in [0.4, 0.5) is 10.8 Å². The minimum absolute atomic E-state index is 0.0721. The Kier molecular flexibility index (Phi) is 8.89. The van der Waals surface area contributed by atoms with E-state index in [9.17, 15) is 14.9 Å². The number of nitrogens with zero attached hydrogens (tertiary/aromatic N) is 4. The molecule has 1 amide bonds. The Morgan fingerprint density at radius 1 is 1.14 bits per heavy atom. The molecule has 43 heavy (non-hydrogen) atoms. The molecule has 5 rings (SSSR count). The molecule has 3 aromatic rings. The minimum atomic E-state index is -0.731. The smallest absolute Gasteiger partial charge is 0.234 e. The van der Waals surface area contributed by atoms with Crippen molar-refractivity contribution in [1.29, 1.82) is 5.26 Å². The van der Waals surface area contributed by atoms with Gasteiger partial charge in [0.05, 0.1) is 44.6 Å². The van der Waals surface area contributed by atoms with Crippen LogP contribution in [0.5, 0.6) is 17.2 Å². The number of thioether (sulfide) groups is 1. The van der Waals surface area contributed by atoms with E-state index in [4.69, 9.17) is 19.9 Å². The number of hydrogen-bond acceptors (Lipinski definition) is 12. The van der Waals surface area contributed by atoms with Crippen molar-refractivity contribution in [3.8, 4) is 23.3 Å².